The highest BCUT2D eigenvalue weighted by molar-refractivity contribution is 6.04. The quantitative estimate of drug-likeness (QED) is 0.942. The molecular weight excluding hydrogens is 276 g/mol. The van der Waals surface area contributed by atoms with E-state index in [4.69, 9.17) is 4.84 Å². The Labute approximate surface area is 129 Å². The van der Waals surface area contributed by atoms with E-state index in [0.717, 1.165) is 16.8 Å². The average molecular weight is 294 g/mol. The molecule has 1 aliphatic heterocycles. The fourth-order valence-electron chi connectivity index (χ4n) is 2.45. The predicted molar refractivity (Wildman–Crippen MR) is 85.5 cm³/mol. The Bertz CT molecular complexity index is 668. The minimum atomic E-state index is -0.554. The lowest BCUT2D eigenvalue weighted by molar-refractivity contribution is -0.131. The number of nitrogens with zero attached hydrogens (tertiary/aromatic N) is 1. The van der Waals surface area contributed by atoms with Crippen LogP contribution < -0.4 is 5.32 Å². The van der Waals surface area contributed by atoms with Crippen molar-refractivity contribution in [3.8, 4) is 0 Å². The number of carbonyl (C=O) groups is 1. The molecule has 4 heteroatoms. The molecular formula is C18H18N2O2. The van der Waals surface area contributed by atoms with Gasteiger partial charge in [-0.1, -0.05) is 65.8 Å². The maximum absolute atomic E-state index is 12.3. The van der Waals surface area contributed by atoms with Gasteiger partial charge >= 0.3 is 0 Å². The molecule has 2 aromatic carbocycles. The molecule has 2 aromatic rings. The Balaban J connectivity index is 1.59. The van der Waals surface area contributed by atoms with Crippen molar-refractivity contribution in [2.75, 3.05) is 0 Å². The van der Waals surface area contributed by atoms with E-state index in [1.807, 2.05) is 67.6 Å². The van der Waals surface area contributed by atoms with E-state index in [0.29, 0.717) is 6.42 Å². The van der Waals surface area contributed by atoms with Gasteiger partial charge < -0.3 is 10.2 Å². The van der Waals surface area contributed by atoms with Gasteiger partial charge in [-0.2, -0.15) is 0 Å². The molecule has 22 heavy (non-hydrogen) atoms. The van der Waals surface area contributed by atoms with Crippen molar-refractivity contribution in [1.29, 1.82) is 0 Å². The summed E-state index contributed by atoms with van der Waals surface area (Å²) in [5, 5.41) is 7.02. The molecule has 1 heterocycles. The zero-order valence-electron chi connectivity index (χ0n) is 12.4. The zero-order chi connectivity index (χ0) is 15.4. The van der Waals surface area contributed by atoms with Gasteiger partial charge in [-0.15, -0.1) is 0 Å². The third kappa shape index (κ3) is 3.17. The topological polar surface area (TPSA) is 50.7 Å². The molecule has 0 bridgehead atoms. The Morgan fingerprint density at radius 1 is 1.14 bits per heavy atom. The molecule has 0 fully saturated rings. The Morgan fingerprint density at radius 2 is 1.77 bits per heavy atom. The first-order chi connectivity index (χ1) is 10.7. The molecule has 3 rings (SSSR count). The highest BCUT2D eigenvalue weighted by Crippen LogP contribution is 2.18. The summed E-state index contributed by atoms with van der Waals surface area (Å²) in [7, 11) is 0. The molecule has 0 unspecified atom stereocenters. The predicted octanol–water partition coefficient (Wildman–Crippen LogP) is 3.06. The Morgan fingerprint density at radius 3 is 2.45 bits per heavy atom. The second-order valence-corrected chi connectivity index (χ2v) is 5.34. The summed E-state index contributed by atoms with van der Waals surface area (Å²) < 4.78 is 0. The van der Waals surface area contributed by atoms with Crippen LogP contribution in [-0.4, -0.2) is 17.7 Å². The first kappa shape index (κ1) is 14.3. The van der Waals surface area contributed by atoms with Crippen LogP contribution in [-0.2, 0) is 9.63 Å². The van der Waals surface area contributed by atoms with Crippen molar-refractivity contribution < 1.29 is 9.63 Å². The minimum Gasteiger partial charge on any atom is -0.382 e. The minimum absolute atomic E-state index is 0.0573. The largest absolute Gasteiger partial charge is 0.382 e. The summed E-state index contributed by atoms with van der Waals surface area (Å²) in [4.78, 5) is 17.6. The summed E-state index contributed by atoms with van der Waals surface area (Å²) in [6.45, 7) is 1.96. The Kier molecular flexibility index (Phi) is 4.19. The van der Waals surface area contributed by atoms with Gasteiger partial charge in [0.1, 0.15) is 0 Å². The number of rotatable bonds is 4. The van der Waals surface area contributed by atoms with Gasteiger partial charge in [-0.25, -0.2) is 0 Å². The number of carbonyl (C=O) groups excluding carboxylic acids is 1. The van der Waals surface area contributed by atoms with Crippen LogP contribution >= 0.6 is 0 Å². The van der Waals surface area contributed by atoms with Gasteiger partial charge in [-0.05, 0) is 18.1 Å². The number of nitrogens with one attached hydrogen (secondary N) is 1. The summed E-state index contributed by atoms with van der Waals surface area (Å²) in [5.74, 6) is -0.133. The molecule has 0 radical (unpaired) electrons. The van der Waals surface area contributed by atoms with Crippen molar-refractivity contribution in [2.24, 2.45) is 5.16 Å². The molecule has 1 N–H and O–H groups in total. The first-order valence-electron chi connectivity index (χ1n) is 7.37. The van der Waals surface area contributed by atoms with E-state index in [2.05, 4.69) is 10.5 Å². The summed E-state index contributed by atoms with van der Waals surface area (Å²) >= 11 is 0. The number of hydrogen-bond acceptors (Lipinski definition) is 3. The van der Waals surface area contributed by atoms with Crippen LogP contribution in [0.2, 0.25) is 0 Å². The molecule has 0 spiro atoms. The van der Waals surface area contributed by atoms with E-state index in [-0.39, 0.29) is 11.9 Å². The molecule has 4 nitrogen and oxygen atoms in total. The summed E-state index contributed by atoms with van der Waals surface area (Å²) in [6.07, 6.45) is -0.0569. The fraction of sp³-hybridized carbons (Fsp3) is 0.222. The molecule has 0 saturated carbocycles. The zero-order valence-corrected chi connectivity index (χ0v) is 12.4. The number of hydrogen-bond donors (Lipinski definition) is 1. The first-order valence-corrected chi connectivity index (χ1v) is 7.37. The molecule has 1 amide bonds. The fourth-order valence-corrected chi connectivity index (χ4v) is 2.45. The third-order valence-electron chi connectivity index (χ3n) is 3.73. The molecule has 112 valence electrons. The standard InChI is InChI=1S/C18H18N2O2/c1-13(14-8-4-2-5-9-14)19-18(21)17-12-16(20-22-17)15-10-6-3-7-11-15/h2-11,13,17H,12H2,1H3,(H,19,21)/t13-,17+/m0/s1. The van der Waals surface area contributed by atoms with Crippen LogP contribution in [0, 0.1) is 0 Å². The number of oxime groups is 1. The van der Waals surface area contributed by atoms with E-state index in [9.17, 15) is 4.79 Å². The van der Waals surface area contributed by atoms with Crippen molar-refractivity contribution in [2.45, 2.75) is 25.5 Å². The van der Waals surface area contributed by atoms with E-state index in [1.54, 1.807) is 0 Å². The average Bonchev–Trinajstić information content (AvgIpc) is 3.06. The van der Waals surface area contributed by atoms with E-state index >= 15 is 0 Å². The van der Waals surface area contributed by atoms with Gasteiger partial charge in [0, 0.05) is 6.42 Å². The van der Waals surface area contributed by atoms with Crippen LogP contribution in [0.1, 0.15) is 30.5 Å². The van der Waals surface area contributed by atoms with Gasteiger partial charge in [0.05, 0.1) is 11.8 Å². The van der Waals surface area contributed by atoms with Crippen LogP contribution in [0.15, 0.2) is 65.8 Å². The van der Waals surface area contributed by atoms with Crippen LogP contribution in [0.25, 0.3) is 0 Å². The number of amides is 1. The molecule has 0 saturated heterocycles. The van der Waals surface area contributed by atoms with Crippen LogP contribution in [0.5, 0.6) is 0 Å². The monoisotopic (exact) mass is 294 g/mol. The van der Waals surface area contributed by atoms with Gasteiger partial charge in [0.25, 0.3) is 5.91 Å². The Hall–Kier alpha value is -2.62. The van der Waals surface area contributed by atoms with E-state index < -0.39 is 6.10 Å². The van der Waals surface area contributed by atoms with Gasteiger partial charge in [0.2, 0.25) is 6.10 Å². The SMILES string of the molecule is C[C@H](NC(=O)[C@H]1CC(c2ccccc2)=NO1)c1ccccc1. The smallest absolute Gasteiger partial charge is 0.264 e. The second-order valence-electron chi connectivity index (χ2n) is 5.34. The van der Waals surface area contributed by atoms with Crippen molar-refractivity contribution >= 4 is 11.6 Å². The highest BCUT2D eigenvalue weighted by atomic mass is 16.6. The highest BCUT2D eigenvalue weighted by Gasteiger charge is 2.29. The van der Waals surface area contributed by atoms with Crippen LogP contribution in [0.4, 0.5) is 0 Å². The number of benzene rings is 2. The lowest BCUT2D eigenvalue weighted by Gasteiger charge is -2.16. The normalized spacial score (nSPS) is 18.2. The lowest BCUT2D eigenvalue weighted by atomic mass is 10.0. The molecule has 2 atom stereocenters. The third-order valence-corrected chi connectivity index (χ3v) is 3.73. The lowest BCUT2D eigenvalue weighted by Crippen LogP contribution is -2.36. The molecule has 0 aliphatic carbocycles. The van der Waals surface area contributed by atoms with Crippen molar-refractivity contribution in [1.82, 2.24) is 5.32 Å². The molecule has 1 aliphatic rings. The van der Waals surface area contributed by atoms with E-state index in [1.165, 1.54) is 0 Å². The molecule has 0 aromatic heterocycles. The summed E-state index contributed by atoms with van der Waals surface area (Å²) in [5.41, 5.74) is 2.88. The summed E-state index contributed by atoms with van der Waals surface area (Å²) in [6, 6.07) is 19.6. The van der Waals surface area contributed by atoms with Crippen LogP contribution in [0.3, 0.4) is 0 Å². The van der Waals surface area contributed by atoms with Gasteiger partial charge in [-0.3, -0.25) is 4.79 Å². The van der Waals surface area contributed by atoms with Crippen molar-refractivity contribution in [3.63, 3.8) is 0 Å². The maximum atomic E-state index is 12.3. The maximum Gasteiger partial charge on any atom is 0.264 e. The second kappa shape index (κ2) is 6.43. The van der Waals surface area contributed by atoms with Gasteiger partial charge in [0.15, 0.2) is 0 Å². The van der Waals surface area contributed by atoms with Crippen molar-refractivity contribution in [3.05, 3.63) is 71.8 Å².